The van der Waals surface area contributed by atoms with Crippen molar-refractivity contribution in [2.45, 2.75) is 57.7 Å². The maximum atomic E-state index is 10.6. The molecule has 5 heterocycles. The molecule has 0 amide bonds. The van der Waals surface area contributed by atoms with E-state index < -0.39 is 0 Å². The number of aromatic nitrogens is 6. The van der Waals surface area contributed by atoms with Crippen LogP contribution in [-0.2, 0) is 0 Å². The van der Waals surface area contributed by atoms with Crippen LogP contribution in [0.2, 0.25) is 0 Å². The van der Waals surface area contributed by atoms with Crippen molar-refractivity contribution in [2.75, 3.05) is 0 Å². The van der Waals surface area contributed by atoms with Gasteiger partial charge < -0.3 is 15.0 Å². The Morgan fingerprint density at radius 3 is 2.36 bits per heavy atom. The highest BCUT2D eigenvalue weighted by atomic mass is 35.5. The largest absolute Gasteiger partial charge is 0.506 e. The number of rotatable bonds is 3. The van der Waals surface area contributed by atoms with E-state index in [0.717, 1.165) is 35.0 Å². The molecule has 0 bridgehead atoms. The van der Waals surface area contributed by atoms with Gasteiger partial charge in [0, 0.05) is 52.2 Å². The van der Waals surface area contributed by atoms with Crippen molar-refractivity contribution >= 4 is 35.8 Å². The van der Waals surface area contributed by atoms with Gasteiger partial charge in [-0.3, -0.25) is 5.10 Å². The zero-order valence-electron chi connectivity index (χ0n) is 19.0. The molecule has 8 nitrogen and oxygen atoms in total. The van der Waals surface area contributed by atoms with Gasteiger partial charge in [0.15, 0.2) is 5.65 Å². The van der Waals surface area contributed by atoms with Gasteiger partial charge in [-0.05, 0) is 58.7 Å². The fourth-order valence-corrected chi connectivity index (χ4v) is 5.05. The Labute approximate surface area is 205 Å². The van der Waals surface area contributed by atoms with Crippen molar-refractivity contribution in [1.82, 2.24) is 35.3 Å². The molecule has 0 unspecified atom stereocenters. The quantitative estimate of drug-likeness (QED) is 0.377. The first-order valence-corrected chi connectivity index (χ1v) is 10.5. The Balaban J connectivity index is 0.00000153. The van der Waals surface area contributed by atoms with E-state index in [-0.39, 0.29) is 41.6 Å². The van der Waals surface area contributed by atoms with Crippen LogP contribution in [0.4, 0.5) is 0 Å². The number of hydrogen-bond acceptors (Lipinski definition) is 6. The van der Waals surface area contributed by atoms with Gasteiger partial charge in [-0.2, -0.15) is 5.10 Å². The van der Waals surface area contributed by atoms with E-state index in [1.54, 1.807) is 24.7 Å². The minimum atomic E-state index is 0. The summed E-state index contributed by atoms with van der Waals surface area (Å²) in [6, 6.07) is 6.01. The first-order valence-electron chi connectivity index (χ1n) is 10.5. The number of aromatic amines is 1. The lowest BCUT2D eigenvalue weighted by Crippen LogP contribution is -2.57. The molecular formula is C23H29Cl2N7O. The predicted molar refractivity (Wildman–Crippen MR) is 134 cm³/mol. The second-order valence-electron chi connectivity index (χ2n) is 9.77. The van der Waals surface area contributed by atoms with Gasteiger partial charge in [-0.15, -0.1) is 35.0 Å². The Kier molecular flexibility index (Phi) is 6.75. The van der Waals surface area contributed by atoms with Gasteiger partial charge in [0.05, 0.1) is 6.20 Å². The highest BCUT2D eigenvalue weighted by Gasteiger charge is 2.38. The number of nitrogens with one attached hydrogen (secondary N) is 2. The normalized spacial score (nSPS) is 17.3. The van der Waals surface area contributed by atoms with Crippen molar-refractivity contribution in [1.29, 1.82) is 0 Å². The lowest BCUT2D eigenvalue weighted by molar-refractivity contribution is 0.134. The number of aromatic hydroxyl groups is 1. The van der Waals surface area contributed by atoms with E-state index in [1.807, 2.05) is 6.07 Å². The molecule has 176 valence electrons. The standard InChI is InChI=1S/C23H27N7O.2ClH/c1-22(2)9-17(10-23(3,4)29-22)30-6-5-14-7-18(27-28-21(14)30)20-19(31)8-15(11-24-20)16-12-25-26-13-16;;/h5-8,11-13,17,29,31H,9-10H2,1-4H3,(H,25,26);2*1H. The molecule has 3 N–H and O–H groups in total. The molecule has 1 saturated heterocycles. The summed E-state index contributed by atoms with van der Waals surface area (Å²) in [5.74, 6) is 0.0636. The monoisotopic (exact) mass is 489 g/mol. The zero-order valence-corrected chi connectivity index (χ0v) is 20.7. The van der Waals surface area contributed by atoms with Crippen LogP contribution in [0.3, 0.4) is 0 Å². The summed E-state index contributed by atoms with van der Waals surface area (Å²) in [5, 5.41) is 30.9. The lowest BCUT2D eigenvalue weighted by atomic mass is 9.79. The van der Waals surface area contributed by atoms with Crippen molar-refractivity contribution in [3.63, 3.8) is 0 Å². The highest BCUT2D eigenvalue weighted by Crippen LogP contribution is 2.38. The smallest absolute Gasteiger partial charge is 0.162 e. The van der Waals surface area contributed by atoms with Crippen molar-refractivity contribution < 1.29 is 5.11 Å². The molecule has 0 atom stereocenters. The fourth-order valence-electron chi connectivity index (χ4n) is 5.05. The molecule has 10 heteroatoms. The predicted octanol–water partition coefficient (Wildman–Crippen LogP) is 4.91. The summed E-state index contributed by atoms with van der Waals surface area (Å²) in [4.78, 5) is 4.44. The maximum absolute atomic E-state index is 10.6. The Morgan fingerprint density at radius 2 is 1.73 bits per heavy atom. The second-order valence-corrected chi connectivity index (χ2v) is 9.77. The molecule has 1 fully saturated rings. The number of piperidine rings is 1. The summed E-state index contributed by atoms with van der Waals surface area (Å²) < 4.78 is 2.24. The SMILES string of the molecule is CC1(C)CC(n2ccc3cc(-c4ncc(-c5cn[nH]c5)cc4O)nnc32)CC(C)(C)N1.Cl.Cl. The molecule has 4 aromatic heterocycles. The van der Waals surface area contributed by atoms with Gasteiger partial charge in [-0.25, -0.2) is 4.98 Å². The molecular weight excluding hydrogens is 461 g/mol. The number of fused-ring (bicyclic) bond motifs is 1. The third kappa shape index (κ3) is 4.83. The average Bonchev–Trinajstić information content (AvgIpc) is 3.35. The van der Waals surface area contributed by atoms with Gasteiger partial charge >= 0.3 is 0 Å². The van der Waals surface area contributed by atoms with Gasteiger partial charge in [0.2, 0.25) is 0 Å². The topological polar surface area (TPSA) is 105 Å². The molecule has 4 aromatic rings. The number of nitrogens with zero attached hydrogens (tertiary/aromatic N) is 5. The number of pyridine rings is 1. The van der Waals surface area contributed by atoms with Crippen molar-refractivity contribution in [3.8, 4) is 28.3 Å². The highest BCUT2D eigenvalue weighted by molar-refractivity contribution is 5.85. The van der Waals surface area contributed by atoms with E-state index in [0.29, 0.717) is 17.4 Å². The minimum absolute atomic E-state index is 0. The molecule has 0 aliphatic carbocycles. The van der Waals surface area contributed by atoms with Crippen molar-refractivity contribution in [2.24, 2.45) is 0 Å². The number of H-pyrrole nitrogens is 1. The summed E-state index contributed by atoms with van der Waals surface area (Å²) in [7, 11) is 0. The second kappa shape index (κ2) is 8.93. The van der Waals surface area contributed by atoms with Gasteiger partial charge in [-0.1, -0.05) is 0 Å². The lowest BCUT2D eigenvalue weighted by Gasteiger charge is -2.47. The minimum Gasteiger partial charge on any atom is -0.506 e. The summed E-state index contributed by atoms with van der Waals surface area (Å²) in [6.07, 6.45) is 9.28. The fraction of sp³-hybridized carbons (Fsp3) is 0.391. The summed E-state index contributed by atoms with van der Waals surface area (Å²) in [5.41, 5.74) is 3.56. The van der Waals surface area contributed by atoms with E-state index >= 15 is 0 Å². The molecule has 0 radical (unpaired) electrons. The van der Waals surface area contributed by atoms with Crippen LogP contribution in [0, 0.1) is 0 Å². The Hall–Kier alpha value is -2.68. The molecule has 0 spiro atoms. The molecule has 0 aromatic carbocycles. The third-order valence-corrected chi connectivity index (χ3v) is 5.97. The molecule has 33 heavy (non-hydrogen) atoms. The van der Waals surface area contributed by atoms with Crippen LogP contribution >= 0.6 is 24.8 Å². The Morgan fingerprint density at radius 1 is 1.00 bits per heavy atom. The van der Waals surface area contributed by atoms with Crippen LogP contribution in [0.5, 0.6) is 5.75 Å². The van der Waals surface area contributed by atoms with Crippen LogP contribution in [0.25, 0.3) is 33.5 Å². The number of halogens is 2. The summed E-state index contributed by atoms with van der Waals surface area (Å²) in [6.45, 7) is 8.99. The first-order chi connectivity index (χ1) is 14.7. The van der Waals surface area contributed by atoms with Crippen LogP contribution in [-0.4, -0.2) is 46.1 Å². The van der Waals surface area contributed by atoms with Crippen LogP contribution in [0.1, 0.15) is 46.6 Å². The average molecular weight is 490 g/mol. The molecule has 5 rings (SSSR count). The van der Waals surface area contributed by atoms with Crippen LogP contribution in [0.15, 0.2) is 43.0 Å². The van der Waals surface area contributed by atoms with Gasteiger partial charge in [0.25, 0.3) is 0 Å². The number of hydrogen-bond donors (Lipinski definition) is 3. The van der Waals surface area contributed by atoms with E-state index in [9.17, 15) is 5.11 Å². The third-order valence-electron chi connectivity index (χ3n) is 5.97. The zero-order chi connectivity index (χ0) is 21.8. The molecule has 1 aliphatic rings. The van der Waals surface area contributed by atoms with Crippen LogP contribution < -0.4 is 5.32 Å². The van der Waals surface area contributed by atoms with E-state index in [4.69, 9.17) is 0 Å². The van der Waals surface area contributed by atoms with Crippen molar-refractivity contribution in [3.05, 3.63) is 43.0 Å². The first kappa shape index (κ1) is 25.0. The molecule has 0 saturated carbocycles. The summed E-state index contributed by atoms with van der Waals surface area (Å²) >= 11 is 0. The molecule has 1 aliphatic heterocycles. The van der Waals surface area contributed by atoms with E-state index in [1.165, 1.54) is 0 Å². The maximum Gasteiger partial charge on any atom is 0.162 e. The Bertz CT molecular complexity index is 1240. The van der Waals surface area contributed by atoms with E-state index in [2.05, 4.69) is 75.2 Å². The van der Waals surface area contributed by atoms with Gasteiger partial charge in [0.1, 0.15) is 17.1 Å².